The molecule has 1 rings (SSSR count). The summed E-state index contributed by atoms with van der Waals surface area (Å²) in [6, 6.07) is 5.69. The van der Waals surface area contributed by atoms with Gasteiger partial charge in [-0.2, -0.15) is 0 Å². The molecule has 7 heteroatoms. The van der Waals surface area contributed by atoms with Gasteiger partial charge in [-0.05, 0) is 5.56 Å². The second-order valence-corrected chi connectivity index (χ2v) is 3.39. The molecule has 0 saturated carbocycles. The standard InChI is InChI=1S/C11H13N4O3/c1-13-10(17)15-11(18)14-8(9(12)16)7-5-3-2-4-6-7/h2-6,8,12H,1H3,(H3,13,14,15,17,18). The molecule has 0 aliphatic carbocycles. The third-order valence-corrected chi connectivity index (χ3v) is 2.12. The van der Waals surface area contributed by atoms with Crippen molar-refractivity contribution in [2.75, 3.05) is 7.05 Å². The minimum absolute atomic E-state index is 0.476. The number of nitrogens with one attached hydrogen (secondary N) is 4. The molecule has 1 unspecified atom stereocenters. The number of amides is 5. The van der Waals surface area contributed by atoms with E-state index in [-0.39, 0.29) is 0 Å². The maximum atomic E-state index is 11.4. The zero-order valence-electron chi connectivity index (χ0n) is 9.69. The second-order valence-electron chi connectivity index (χ2n) is 3.39. The first-order chi connectivity index (χ1) is 8.54. The first-order valence-corrected chi connectivity index (χ1v) is 5.14. The molecule has 18 heavy (non-hydrogen) atoms. The monoisotopic (exact) mass is 249 g/mol. The highest BCUT2D eigenvalue weighted by Crippen LogP contribution is 2.11. The zero-order chi connectivity index (χ0) is 13.5. The Bertz CT molecular complexity index is 447. The van der Waals surface area contributed by atoms with E-state index in [9.17, 15) is 14.4 Å². The van der Waals surface area contributed by atoms with Crippen molar-refractivity contribution in [3.05, 3.63) is 35.9 Å². The number of imide groups is 1. The van der Waals surface area contributed by atoms with Crippen molar-refractivity contribution < 1.29 is 14.4 Å². The van der Waals surface area contributed by atoms with E-state index in [0.717, 1.165) is 0 Å². The predicted octanol–water partition coefficient (Wildman–Crippen LogP) is 0.176. The summed E-state index contributed by atoms with van der Waals surface area (Å²) in [7, 11) is 1.35. The molecule has 5 amide bonds. The summed E-state index contributed by atoms with van der Waals surface area (Å²) in [5.74, 6) is -0.965. The van der Waals surface area contributed by atoms with Crippen LogP contribution in [-0.2, 0) is 4.79 Å². The summed E-state index contributed by atoms with van der Waals surface area (Å²) < 4.78 is 0. The summed E-state index contributed by atoms with van der Waals surface area (Å²) in [5, 5.41) is 6.39. The molecule has 95 valence electrons. The summed E-state index contributed by atoms with van der Waals surface area (Å²) >= 11 is 0. The molecule has 1 aromatic rings. The van der Waals surface area contributed by atoms with Gasteiger partial charge in [-0.25, -0.2) is 9.59 Å². The van der Waals surface area contributed by atoms with Gasteiger partial charge in [0, 0.05) is 7.05 Å². The molecule has 4 N–H and O–H groups in total. The van der Waals surface area contributed by atoms with Crippen molar-refractivity contribution in [2.24, 2.45) is 0 Å². The van der Waals surface area contributed by atoms with Crippen molar-refractivity contribution in [1.29, 1.82) is 0 Å². The first-order valence-electron chi connectivity index (χ1n) is 5.14. The van der Waals surface area contributed by atoms with Gasteiger partial charge in [0.2, 0.25) is 0 Å². The molecule has 0 aliphatic heterocycles. The van der Waals surface area contributed by atoms with Crippen LogP contribution < -0.4 is 21.7 Å². The minimum atomic E-state index is -1.10. The van der Waals surface area contributed by atoms with Crippen LogP contribution in [0.4, 0.5) is 9.59 Å². The van der Waals surface area contributed by atoms with Gasteiger partial charge in [0.1, 0.15) is 6.04 Å². The molecule has 0 fully saturated rings. The zero-order valence-corrected chi connectivity index (χ0v) is 9.69. The van der Waals surface area contributed by atoms with Crippen LogP contribution in [0.3, 0.4) is 0 Å². The lowest BCUT2D eigenvalue weighted by Crippen LogP contribution is -2.46. The lowest BCUT2D eigenvalue weighted by Gasteiger charge is -2.15. The topological polar surface area (TPSA) is 111 Å². The van der Waals surface area contributed by atoms with E-state index in [1.54, 1.807) is 30.3 Å². The molecule has 0 spiro atoms. The lowest BCUT2D eigenvalue weighted by molar-refractivity contribution is -0.120. The Kier molecular flexibility index (Phi) is 4.67. The molecular formula is C11H13N4O3. The molecule has 7 nitrogen and oxygen atoms in total. The average molecular weight is 249 g/mol. The van der Waals surface area contributed by atoms with E-state index in [2.05, 4.69) is 10.6 Å². The Labute approximate surface area is 104 Å². The highest BCUT2D eigenvalue weighted by Gasteiger charge is 2.21. The molecule has 0 aromatic heterocycles. The Morgan fingerprint density at radius 3 is 2.22 bits per heavy atom. The summed E-state index contributed by atoms with van der Waals surface area (Å²) in [5.41, 5.74) is 7.59. The molecule has 0 heterocycles. The maximum Gasteiger partial charge on any atom is 0.323 e. The Morgan fingerprint density at radius 2 is 1.72 bits per heavy atom. The van der Waals surface area contributed by atoms with Crippen LogP contribution in [0.2, 0.25) is 0 Å². The van der Waals surface area contributed by atoms with E-state index < -0.39 is 24.0 Å². The van der Waals surface area contributed by atoms with E-state index in [1.807, 2.05) is 5.32 Å². The van der Waals surface area contributed by atoms with Gasteiger partial charge in [-0.3, -0.25) is 15.8 Å². The number of urea groups is 2. The molecular weight excluding hydrogens is 236 g/mol. The normalized spacial score (nSPS) is 11.2. The highest BCUT2D eigenvalue weighted by molar-refractivity contribution is 5.95. The Balaban J connectivity index is 2.74. The van der Waals surface area contributed by atoms with Crippen molar-refractivity contribution in [1.82, 2.24) is 21.7 Å². The molecule has 1 aromatic carbocycles. The van der Waals surface area contributed by atoms with E-state index in [4.69, 9.17) is 5.73 Å². The fourth-order valence-corrected chi connectivity index (χ4v) is 1.28. The Morgan fingerprint density at radius 1 is 1.11 bits per heavy atom. The molecule has 1 radical (unpaired) electrons. The van der Waals surface area contributed by atoms with Crippen LogP contribution in [0.15, 0.2) is 30.3 Å². The summed E-state index contributed by atoms with van der Waals surface area (Å²) in [6.07, 6.45) is 0. The third-order valence-electron chi connectivity index (χ3n) is 2.12. The number of rotatable bonds is 3. The van der Waals surface area contributed by atoms with Crippen molar-refractivity contribution in [2.45, 2.75) is 6.04 Å². The van der Waals surface area contributed by atoms with Gasteiger partial charge in [-0.1, -0.05) is 30.3 Å². The quantitative estimate of drug-likeness (QED) is 0.710. The van der Waals surface area contributed by atoms with E-state index >= 15 is 0 Å². The smallest absolute Gasteiger partial charge is 0.323 e. The number of carbonyl (C=O) groups is 3. The summed E-state index contributed by atoms with van der Waals surface area (Å²) in [6.45, 7) is 0. The number of hydrogen-bond acceptors (Lipinski definition) is 3. The van der Waals surface area contributed by atoms with Gasteiger partial charge in [0.05, 0.1) is 0 Å². The number of carbonyl (C=O) groups excluding carboxylic acids is 3. The van der Waals surface area contributed by atoms with Gasteiger partial charge in [-0.15, -0.1) is 0 Å². The molecule has 1 atom stereocenters. The van der Waals surface area contributed by atoms with E-state index in [0.29, 0.717) is 5.56 Å². The average Bonchev–Trinajstić information content (AvgIpc) is 2.36. The molecule has 0 aliphatic rings. The SMILES string of the molecule is CNC(=O)NC(=O)NC(C([NH])=O)c1ccccc1. The van der Waals surface area contributed by atoms with Crippen LogP contribution in [-0.4, -0.2) is 25.0 Å². The van der Waals surface area contributed by atoms with Gasteiger partial charge in [0.25, 0.3) is 5.91 Å². The maximum absolute atomic E-state index is 11.4. The van der Waals surface area contributed by atoms with Gasteiger partial charge in [0.15, 0.2) is 0 Å². The predicted molar refractivity (Wildman–Crippen MR) is 63.4 cm³/mol. The molecule has 0 bridgehead atoms. The highest BCUT2D eigenvalue weighted by atomic mass is 16.2. The van der Waals surface area contributed by atoms with Crippen LogP contribution in [0, 0.1) is 0 Å². The van der Waals surface area contributed by atoms with Crippen molar-refractivity contribution in [3.63, 3.8) is 0 Å². The Hall–Kier alpha value is -2.57. The number of hydrogen-bond donors (Lipinski definition) is 3. The fourth-order valence-electron chi connectivity index (χ4n) is 1.28. The summed E-state index contributed by atoms with van der Waals surface area (Å²) in [4.78, 5) is 33.4. The second kappa shape index (κ2) is 6.24. The molecule has 0 saturated heterocycles. The largest absolute Gasteiger partial charge is 0.341 e. The van der Waals surface area contributed by atoms with E-state index in [1.165, 1.54) is 7.05 Å². The van der Waals surface area contributed by atoms with Gasteiger partial charge >= 0.3 is 12.1 Å². The fraction of sp³-hybridized carbons (Fsp3) is 0.182. The van der Waals surface area contributed by atoms with Crippen LogP contribution >= 0.6 is 0 Å². The van der Waals surface area contributed by atoms with Crippen LogP contribution in [0.5, 0.6) is 0 Å². The first kappa shape index (κ1) is 13.5. The van der Waals surface area contributed by atoms with Crippen LogP contribution in [0.25, 0.3) is 0 Å². The van der Waals surface area contributed by atoms with Crippen molar-refractivity contribution in [3.8, 4) is 0 Å². The third kappa shape index (κ3) is 3.78. The lowest BCUT2D eigenvalue weighted by atomic mass is 10.1. The number of benzene rings is 1. The van der Waals surface area contributed by atoms with Crippen molar-refractivity contribution >= 4 is 18.0 Å². The minimum Gasteiger partial charge on any atom is -0.341 e. The van der Waals surface area contributed by atoms with Gasteiger partial charge < -0.3 is 10.6 Å². The van der Waals surface area contributed by atoms with Crippen LogP contribution in [0.1, 0.15) is 11.6 Å².